The second-order valence-electron chi connectivity index (χ2n) is 6.88. The maximum atomic E-state index is 12.9. The Labute approximate surface area is 167 Å². The van der Waals surface area contributed by atoms with Gasteiger partial charge in [-0.3, -0.25) is 14.2 Å². The van der Waals surface area contributed by atoms with Crippen molar-refractivity contribution in [3.05, 3.63) is 58.0 Å². The van der Waals surface area contributed by atoms with E-state index in [0.717, 1.165) is 35.5 Å². The van der Waals surface area contributed by atoms with Crippen molar-refractivity contribution >= 4 is 27.5 Å². The van der Waals surface area contributed by atoms with Crippen LogP contribution < -0.4 is 10.3 Å². The lowest BCUT2D eigenvalue weighted by molar-refractivity contribution is -0.132. The number of rotatable bonds is 6. The number of carbonyl (C=O) groups excluding carboxylic acids is 1. The first-order valence-electron chi connectivity index (χ1n) is 9.62. The number of nitrogens with zero attached hydrogens (tertiary/aromatic N) is 3. The zero-order valence-corrected chi connectivity index (χ0v) is 16.7. The molecule has 3 heterocycles. The summed E-state index contributed by atoms with van der Waals surface area (Å²) in [5.41, 5.74) is 1.05. The molecule has 0 bridgehead atoms. The Morgan fingerprint density at radius 2 is 2.11 bits per heavy atom. The van der Waals surface area contributed by atoms with E-state index in [2.05, 4.69) is 4.98 Å². The van der Waals surface area contributed by atoms with Crippen molar-refractivity contribution in [3.63, 3.8) is 0 Å². The predicted molar refractivity (Wildman–Crippen MR) is 110 cm³/mol. The lowest BCUT2D eigenvalue weighted by atomic mass is 10.0. The summed E-state index contributed by atoms with van der Waals surface area (Å²) in [4.78, 5) is 32.3. The van der Waals surface area contributed by atoms with Crippen molar-refractivity contribution in [2.45, 2.75) is 38.8 Å². The SMILES string of the molecule is CCOc1ccc(C2CCCN2C(=O)CCn2cnc3sccc3c2=O)cc1. The minimum absolute atomic E-state index is 0.0775. The average Bonchev–Trinajstić information content (AvgIpc) is 3.38. The van der Waals surface area contributed by atoms with E-state index in [-0.39, 0.29) is 17.5 Å². The van der Waals surface area contributed by atoms with Crippen LogP contribution in [0.15, 0.2) is 46.8 Å². The van der Waals surface area contributed by atoms with Crippen LogP contribution in [0.3, 0.4) is 0 Å². The summed E-state index contributed by atoms with van der Waals surface area (Å²) in [6.07, 6.45) is 3.79. The van der Waals surface area contributed by atoms with E-state index in [4.69, 9.17) is 4.74 Å². The van der Waals surface area contributed by atoms with E-state index >= 15 is 0 Å². The summed E-state index contributed by atoms with van der Waals surface area (Å²) < 4.78 is 7.04. The average molecular weight is 398 g/mol. The molecule has 1 aromatic carbocycles. The Kier molecular flexibility index (Phi) is 5.43. The van der Waals surface area contributed by atoms with Gasteiger partial charge in [-0.15, -0.1) is 11.3 Å². The van der Waals surface area contributed by atoms with Gasteiger partial charge in [-0.2, -0.15) is 0 Å². The van der Waals surface area contributed by atoms with E-state index in [1.807, 2.05) is 41.5 Å². The zero-order chi connectivity index (χ0) is 19.5. The van der Waals surface area contributed by atoms with Gasteiger partial charge >= 0.3 is 0 Å². The highest BCUT2D eigenvalue weighted by molar-refractivity contribution is 7.16. The Morgan fingerprint density at radius 3 is 2.89 bits per heavy atom. The minimum atomic E-state index is -0.0801. The molecule has 28 heavy (non-hydrogen) atoms. The first-order chi connectivity index (χ1) is 13.7. The number of likely N-dealkylation sites (tertiary alicyclic amines) is 1. The number of carbonyl (C=O) groups is 1. The normalized spacial score (nSPS) is 16.6. The zero-order valence-electron chi connectivity index (χ0n) is 15.8. The standard InChI is InChI=1S/C21H23N3O3S/c1-2-27-16-7-5-15(6-8-16)18-4-3-11-24(18)19(25)9-12-23-14-22-20-17(21(23)26)10-13-28-20/h5-8,10,13-14,18H,2-4,9,11-12H2,1H3. The van der Waals surface area contributed by atoms with Gasteiger partial charge in [0.1, 0.15) is 10.6 Å². The van der Waals surface area contributed by atoms with E-state index in [0.29, 0.717) is 25.0 Å². The molecule has 6 nitrogen and oxygen atoms in total. The number of benzene rings is 1. The summed E-state index contributed by atoms with van der Waals surface area (Å²) >= 11 is 1.45. The predicted octanol–water partition coefficient (Wildman–Crippen LogP) is 3.61. The largest absolute Gasteiger partial charge is 0.494 e. The first-order valence-corrected chi connectivity index (χ1v) is 10.5. The fourth-order valence-electron chi connectivity index (χ4n) is 3.78. The third-order valence-electron chi connectivity index (χ3n) is 5.17. The van der Waals surface area contributed by atoms with Crippen molar-refractivity contribution in [3.8, 4) is 5.75 Å². The number of aryl methyl sites for hydroxylation is 1. The van der Waals surface area contributed by atoms with E-state index < -0.39 is 0 Å². The van der Waals surface area contributed by atoms with Crippen LogP contribution >= 0.6 is 11.3 Å². The molecule has 0 aliphatic carbocycles. The third-order valence-corrected chi connectivity index (χ3v) is 5.99. The van der Waals surface area contributed by atoms with Crippen LogP contribution in [0.2, 0.25) is 0 Å². The highest BCUT2D eigenvalue weighted by Gasteiger charge is 2.29. The van der Waals surface area contributed by atoms with E-state index in [9.17, 15) is 9.59 Å². The lowest BCUT2D eigenvalue weighted by Gasteiger charge is -2.25. The van der Waals surface area contributed by atoms with Gasteiger partial charge in [0.25, 0.3) is 5.56 Å². The van der Waals surface area contributed by atoms with Crippen LogP contribution in [0.25, 0.3) is 10.2 Å². The van der Waals surface area contributed by atoms with E-state index in [1.165, 1.54) is 15.9 Å². The van der Waals surface area contributed by atoms with E-state index in [1.54, 1.807) is 12.4 Å². The fraction of sp³-hybridized carbons (Fsp3) is 0.381. The van der Waals surface area contributed by atoms with Crippen LogP contribution in [-0.2, 0) is 11.3 Å². The van der Waals surface area contributed by atoms with Gasteiger partial charge in [0.15, 0.2) is 0 Å². The van der Waals surface area contributed by atoms with Crippen molar-refractivity contribution in [2.24, 2.45) is 0 Å². The van der Waals surface area contributed by atoms with Crippen molar-refractivity contribution in [1.82, 2.24) is 14.5 Å². The highest BCUT2D eigenvalue weighted by Crippen LogP contribution is 2.33. The molecule has 1 amide bonds. The van der Waals surface area contributed by atoms with Crippen molar-refractivity contribution in [1.29, 1.82) is 0 Å². The molecule has 0 saturated carbocycles. The van der Waals surface area contributed by atoms with Crippen molar-refractivity contribution in [2.75, 3.05) is 13.2 Å². The lowest BCUT2D eigenvalue weighted by Crippen LogP contribution is -2.32. The number of hydrogen-bond donors (Lipinski definition) is 0. The van der Waals surface area contributed by atoms with Gasteiger partial charge in [0.2, 0.25) is 5.91 Å². The molecule has 1 atom stereocenters. The number of ether oxygens (including phenoxy) is 1. The molecule has 1 aliphatic rings. The van der Waals surface area contributed by atoms with Crippen molar-refractivity contribution < 1.29 is 9.53 Å². The summed E-state index contributed by atoms with van der Waals surface area (Å²) in [6.45, 7) is 3.71. The van der Waals surface area contributed by atoms with Gasteiger partial charge in [-0.1, -0.05) is 12.1 Å². The molecular weight excluding hydrogens is 374 g/mol. The first kappa shape index (κ1) is 18.7. The summed E-state index contributed by atoms with van der Waals surface area (Å²) in [5, 5.41) is 2.48. The molecule has 0 spiro atoms. The number of amides is 1. The Morgan fingerprint density at radius 1 is 1.29 bits per heavy atom. The highest BCUT2D eigenvalue weighted by atomic mass is 32.1. The van der Waals surface area contributed by atoms with Crippen LogP contribution in [0.1, 0.15) is 37.8 Å². The molecule has 146 valence electrons. The number of fused-ring (bicyclic) bond motifs is 1. The van der Waals surface area contributed by atoms with Gasteiger partial charge in [0.05, 0.1) is 24.4 Å². The third kappa shape index (κ3) is 3.67. The molecular formula is C21H23N3O3S. The second-order valence-corrected chi connectivity index (χ2v) is 7.77. The Balaban J connectivity index is 1.44. The summed E-state index contributed by atoms with van der Waals surface area (Å²) in [5.74, 6) is 0.923. The fourth-order valence-corrected chi connectivity index (χ4v) is 4.50. The molecule has 0 radical (unpaired) electrons. The molecule has 1 unspecified atom stereocenters. The van der Waals surface area contributed by atoms with Gasteiger partial charge in [0, 0.05) is 19.5 Å². The molecule has 3 aromatic rings. The molecule has 1 saturated heterocycles. The van der Waals surface area contributed by atoms with Crippen LogP contribution in [0, 0.1) is 0 Å². The summed E-state index contributed by atoms with van der Waals surface area (Å²) in [7, 11) is 0. The number of aromatic nitrogens is 2. The summed E-state index contributed by atoms with van der Waals surface area (Å²) in [6, 6.07) is 9.89. The second kappa shape index (κ2) is 8.14. The minimum Gasteiger partial charge on any atom is -0.494 e. The van der Waals surface area contributed by atoms with Crippen LogP contribution in [0.5, 0.6) is 5.75 Å². The smallest absolute Gasteiger partial charge is 0.262 e. The number of hydrogen-bond acceptors (Lipinski definition) is 5. The maximum Gasteiger partial charge on any atom is 0.262 e. The molecule has 4 rings (SSSR count). The molecule has 1 aliphatic heterocycles. The molecule has 0 N–H and O–H groups in total. The maximum absolute atomic E-state index is 12.9. The monoisotopic (exact) mass is 397 g/mol. The van der Waals surface area contributed by atoms with Gasteiger partial charge in [-0.05, 0) is 48.9 Å². The molecule has 1 fully saturated rings. The number of thiophene rings is 1. The Bertz CT molecular complexity index is 1030. The Hall–Kier alpha value is -2.67. The van der Waals surface area contributed by atoms with Crippen LogP contribution in [-0.4, -0.2) is 33.5 Å². The molecule has 2 aromatic heterocycles. The van der Waals surface area contributed by atoms with Crippen LogP contribution in [0.4, 0.5) is 0 Å². The van der Waals surface area contributed by atoms with Gasteiger partial charge in [-0.25, -0.2) is 4.98 Å². The quantitative estimate of drug-likeness (QED) is 0.637. The van der Waals surface area contributed by atoms with Gasteiger partial charge < -0.3 is 9.64 Å². The topological polar surface area (TPSA) is 64.4 Å². The molecule has 7 heteroatoms.